The van der Waals surface area contributed by atoms with Gasteiger partial charge < -0.3 is 14.2 Å². The van der Waals surface area contributed by atoms with Gasteiger partial charge in [-0.25, -0.2) is 0 Å². The molecule has 5 heteroatoms. The second-order valence-corrected chi connectivity index (χ2v) is 5.75. The Labute approximate surface area is 127 Å². The summed E-state index contributed by atoms with van der Waals surface area (Å²) in [7, 11) is 0. The van der Waals surface area contributed by atoms with Gasteiger partial charge in [-0.3, -0.25) is 4.79 Å². The number of ketones is 1. The van der Waals surface area contributed by atoms with Crippen LogP contribution in [-0.2, 0) is 25.6 Å². The van der Waals surface area contributed by atoms with Crippen LogP contribution >= 0.6 is 15.9 Å². The molecule has 1 aliphatic rings. The minimum atomic E-state index is -0.661. The Morgan fingerprint density at radius 3 is 2.70 bits per heavy atom. The monoisotopic (exact) mass is 342 g/mol. The molecule has 0 bridgehead atoms. The Morgan fingerprint density at radius 2 is 2.15 bits per heavy atom. The van der Waals surface area contributed by atoms with Gasteiger partial charge in [0, 0.05) is 0 Å². The van der Waals surface area contributed by atoms with Gasteiger partial charge >= 0.3 is 0 Å². The molecule has 1 saturated heterocycles. The van der Waals surface area contributed by atoms with E-state index in [0.717, 1.165) is 5.56 Å². The second-order valence-electron chi connectivity index (χ2n) is 5.18. The van der Waals surface area contributed by atoms with Crippen LogP contribution in [0.4, 0.5) is 0 Å². The van der Waals surface area contributed by atoms with Gasteiger partial charge in [0.25, 0.3) is 0 Å². The Kier molecular flexibility index (Phi) is 5.32. The number of ether oxygens (including phenoxy) is 3. The number of hydrogen-bond acceptors (Lipinski definition) is 4. The molecule has 0 saturated carbocycles. The topological polar surface area (TPSA) is 44.8 Å². The van der Waals surface area contributed by atoms with E-state index >= 15 is 0 Å². The first-order chi connectivity index (χ1) is 9.52. The average molecular weight is 343 g/mol. The molecule has 0 unspecified atom stereocenters. The standard InChI is InChI=1S/C15H19BrO4/c1-15(2)19-10-13(20-15)14(12(17)8-16)18-9-11-6-4-3-5-7-11/h3-7,13-14H,8-10H2,1-2H3/t13-,14+/m1/s1. The SMILES string of the molecule is CC1(C)OC[C@H]([C@@H](OCc2ccccc2)C(=O)CBr)O1. The summed E-state index contributed by atoms with van der Waals surface area (Å²) in [6.45, 7) is 4.41. The molecule has 110 valence electrons. The van der Waals surface area contributed by atoms with Crippen molar-refractivity contribution in [3.8, 4) is 0 Å². The smallest absolute Gasteiger partial charge is 0.174 e. The molecule has 1 aliphatic heterocycles. The van der Waals surface area contributed by atoms with E-state index in [0.29, 0.717) is 13.2 Å². The fraction of sp³-hybridized carbons (Fsp3) is 0.533. The van der Waals surface area contributed by atoms with Gasteiger partial charge in [-0.2, -0.15) is 0 Å². The molecule has 1 aromatic rings. The maximum atomic E-state index is 12.0. The van der Waals surface area contributed by atoms with Crippen LogP contribution in [0.15, 0.2) is 30.3 Å². The summed E-state index contributed by atoms with van der Waals surface area (Å²) in [5.74, 6) is -0.696. The lowest BCUT2D eigenvalue weighted by Gasteiger charge is -2.23. The lowest BCUT2D eigenvalue weighted by Crippen LogP contribution is -2.39. The predicted octanol–water partition coefficient (Wildman–Crippen LogP) is 2.69. The van der Waals surface area contributed by atoms with Crippen molar-refractivity contribution in [2.24, 2.45) is 0 Å². The zero-order valence-corrected chi connectivity index (χ0v) is 13.3. The van der Waals surface area contributed by atoms with E-state index in [4.69, 9.17) is 14.2 Å². The van der Waals surface area contributed by atoms with Crippen LogP contribution < -0.4 is 0 Å². The summed E-state index contributed by atoms with van der Waals surface area (Å²) in [5.41, 5.74) is 1.03. The van der Waals surface area contributed by atoms with Crippen molar-refractivity contribution in [2.45, 2.75) is 38.4 Å². The van der Waals surface area contributed by atoms with Crippen LogP contribution in [0.1, 0.15) is 19.4 Å². The third-order valence-corrected chi connectivity index (χ3v) is 3.64. The van der Waals surface area contributed by atoms with E-state index in [-0.39, 0.29) is 17.2 Å². The highest BCUT2D eigenvalue weighted by Crippen LogP contribution is 2.26. The lowest BCUT2D eigenvalue weighted by atomic mass is 10.1. The third kappa shape index (κ3) is 4.12. The van der Waals surface area contributed by atoms with Crippen molar-refractivity contribution in [3.63, 3.8) is 0 Å². The van der Waals surface area contributed by atoms with E-state index < -0.39 is 11.9 Å². The molecule has 1 heterocycles. The molecule has 20 heavy (non-hydrogen) atoms. The number of Topliss-reactive ketones (excluding diaryl/α,β-unsaturated/α-hetero) is 1. The van der Waals surface area contributed by atoms with E-state index in [2.05, 4.69) is 15.9 Å². The molecular weight excluding hydrogens is 324 g/mol. The zero-order chi connectivity index (χ0) is 14.6. The van der Waals surface area contributed by atoms with Crippen LogP contribution in [0.2, 0.25) is 0 Å². The molecule has 2 rings (SSSR count). The highest BCUT2D eigenvalue weighted by molar-refractivity contribution is 9.09. The van der Waals surface area contributed by atoms with Crippen LogP contribution in [0.3, 0.4) is 0 Å². The molecule has 1 aromatic carbocycles. The van der Waals surface area contributed by atoms with Crippen molar-refractivity contribution < 1.29 is 19.0 Å². The maximum absolute atomic E-state index is 12.0. The number of halogens is 1. The molecule has 2 atom stereocenters. The van der Waals surface area contributed by atoms with Crippen molar-refractivity contribution in [1.82, 2.24) is 0 Å². The Morgan fingerprint density at radius 1 is 1.45 bits per heavy atom. The summed E-state index contributed by atoms with van der Waals surface area (Å²) in [6, 6.07) is 9.76. The van der Waals surface area contributed by atoms with Crippen LogP contribution in [-0.4, -0.2) is 35.7 Å². The minimum absolute atomic E-state index is 0.0350. The van der Waals surface area contributed by atoms with Gasteiger partial charge in [-0.15, -0.1) is 0 Å². The summed E-state index contributed by atoms with van der Waals surface area (Å²) < 4.78 is 17.0. The number of rotatable bonds is 6. The van der Waals surface area contributed by atoms with Crippen LogP contribution in [0, 0.1) is 0 Å². The predicted molar refractivity (Wildman–Crippen MR) is 78.7 cm³/mol. The van der Waals surface area contributed by atoms with E-state index in [9.17, 15) is 4.79 Å². The lowest BCUT2D eigenvalue weighted by molar-refractivity contribution is -0.163. The first kappa shape index (κ1) is 15.6. The van der Waals surface area contributed by atoms with E-state index in [1.54, 1.807) is 0 Å². The fourth-order valence-electron chi connectivity index (χ4n) is 2.11. The van der Waals surface area contributed by atoms with Gasteiger partial charge in [0.15, 0.2) is 11.6 Å². The molecule has 1 fully saturated rings. The van der Waals surface area contributed by atoms with Gasteiger partial charge in [0.2, 0.25) is 0 Å². The van der Waals surface area contributed by atoms with Gasteiger partial charge in [0.05, 0.1) is 18.5 Å². The minimum Gasteiger partial charge on any atom is -0.363 e. The summed E-state index contributed by atoms with van der Waals surface area (Å²) in [4.78, 5) is 12.0. The molecule has 0 radical (unpaired) electrons. The Hall–Kier alpha value is -0.750. The quantitative estimate of drug-likeness (QED) is 0.745. The molecular formula is C15H19BrO4. The van der Waals surface area contributed by atoms with Gasteiger partial charge in [0.1, 0.15) is 12.2 Å². The summed E-state index contributed by atoms with van der Waals surface area (Å²) >= 11 is 3.19. The second kappa shape index (κ2) is 6.80. The molecule has 0 spiro atoms. The molecule has 0 aromatic heterocycles. The highest BCUT2D eigenvalue weighted by Gasteiger charge is 2.40. The molecule has 0 N–H and O–H groups in total. The fourth-order valence-corrected chi connectivity index (χ4v) is 2.43. The molecule has 4 nitrogen and oxygen atoms in total. The van der Waals surface area contributed by atoms with Crippen molar-refractivity contribution in [3.05, 3.63) is 35.9 Å². The van der Waals surface area contributed by atoms with Crippen molar-refractivity contribution >= 4 is 21.7 Å². The average Bonchev–Trinajstić information content (AvgIpc) is 2.80. The van der Waals surface area contributed by atoms with E-state index in [1.165, 1.54) is 0 Å². The zero-order valence-electron chi connectivity index (χ0n) is 11.7. The number of hydrogen-bond donors (Lipinski definition) is 0. The summed E-state index contributed by atoms with van der Waals surface area (Å²) in [6.07, 6.45) is -0.977. The number of alkyl halides is 1. The van der Waals surface area contributed by atoms with Crippen molar-refractivity contribution in [1.29, 1.82) is 0 Å². The van der Waals surface area contributed by atoms with Gasteiger partial charge in [-0.1, -0.05) is 46.3 Å². The maximum Gasteiger partial charge on any atom is 0.174 e. The van der Waals surface area contributed by atoms with Crippen LogP contribution in [0.5, 0.6) is 0 Å². The highest BCUT2D eigenvalue weighted by atomic mass is 79.9. The number of benzene rings is 1. The number of carbonyl (C=O) groups excluding carboxylic acids is 1. The first-order valence-electron chi connectivity index (χ1n) is 6.58. The largest absolute Gasteiger partial charge is 0.363 e. The number of carbonyl (C=O) groups is 1. The third-order valence-electron chi connectivity index (χ3n) is 3.09. The molecule has 0 amide bonds. The first-order valence-corrected chi connectivity index (χ1v) is 7.70. The van der Waals surface area contributed by atoms with Crippen molar-refractivity contribution in [2.75, 3.05) is 11.9 Å². The van der Waals surface area contributed by atoms with E-state index in [1.807, 2.05) is 44.2 Å². The Bertz CT molecular complexity index is 446. The normalized spacial score (nSPS) is 22.6. The van der Waals surface area contributed by atoms with Crippen LogP contribution in [0.25, 0.3) is 0 Å². The van der Waals surface area contributed by atoms with Gasteiger partial charge in [-0.05, 0) is 19.4 Å². The Balaban J connectivity index is 2.00. The molecule has 0 aliphatic carbocycles. The summed E-state index contributed by atoms with van der Waals surface area (Å²) in [5, 5.41) is 0.243.